The van der Waals surface area contributed by atoms with Crippen LogP contribution in [0.5, 0.6) is 0 Å². The van der Waals surface area contributed by atoms with Gasteiger partial charge in [-0.1, -0.05) is 55.1 Å². The quantitative estimate of drug-likeness (QED) is 0.550. The van der Waals surface area contributed by atoms with Crippen LogP contribution in [0.4, 0.5) is 0 Å². The van der Waals surface area contributed by atoms with Crippen molar-refractivity contribution < 1.29 is 15.3 Å². The van der Waals surface area contributed by atoms with Crippen LogP contribution in [0.1, 0.15) is 24.2 Å². The third-order valence-electron chi connectivity index (χ3n) is 4.26. The van der Waals surface area contributed by atoms with Crippen molar-refractivity contribution in [1.82, 2.24) is 4.98 Å². The number of rotatable bonds is 7. The molecule has 2 aromatic carbocycles. The van der Waals surface area contributed by atoms with Crippen molar-refractivity contribution in [1.29, 1.82) is 0 Å². The van der Waals surface area contributed by atoms with Gasteiger partial charge in [0.1, 0.15) is 0 Å². The monoisotopic (exact) mass is 375 g/mol. The van der Waals surface area contributed by atoms with E-state index < -0.39 is 12.2 Å². The molecule has 3 N–H and O–H groups in total. The van der Waals surface area contributed by atoms with Crippen LogP contribution < -0.4 is 0 Å². The van der Waals surface area contributed by atoms with E-state index in [0.717, 1.165) is 25.7 Å². The number of hydrogen-bond acceptors (Lipinski definition) is 6. The molecule has 0 unspecified atom stereocenters. The topological polar surface area (TPSA) is 73.6 Å². The van der Waals surface area contributed by atoms with E-state index in [4.69, 9.17) is 5.11 Å². The molecule has 4 nitrogen and oxygen atoms in total. The van der Waals surface area contributed by atoms with E-state index in [1.165, 1.54) is 11.8 Å². The van der Waals surface area contributed by atoms with E-state index in [1.54, 1.807) is 35.6 Å². The summed E-state index contributed by atoms with van der Waals surface area (Å²) < 4.78 is 2.06. The molecule has 0 fully saturated rings. The minimum absolute atomic E-state index is 0.0205. The lowest BCUT2D eigenvalue weighted by Crippen LogP contribution is -2.26. The number of nitrogens with zero attached hydrogens (tertiary/aromatic N) is 1. The molecule has 1 heterocycles. The first-order valence-corrected chi connectivity index (χ1v) is 9.93. The highest BCUT2D eigenvalue weighted by molar-refractivity contribution is 8.01. The molecule has 0 radical (unpaired) electrons. The van der Waals surface area contributed by atoms with E-state index in [0.29, 0.717) is 5.75 Å². The molecule has 0 saturated carbocycles. The molecule has 0 aliphatic heterocycles. The lowest BCUT2D eigenvalue weighted by atomic mass is 9.93. The van der Waals surface area contributed by atoms with Crippen LogP contribution in [0, 0.1) is 5.92 Å². The molecule has 0 aliphatic rings. The van der Waals surface area contributed by atoms with Crippen LogP contribution >= 0.6 is 23.1 Å². The van der Waals surface area contributed by atoms with Crippen molar-refractivity contribution in [3.05, 3.63) is 59.7 Å². The molecular weight excluding hydrogens is 354 g/mol. The summed E-state index contributed by atoms with van der Waals surface area (Å²) in [6.45, 7) is 1.82. The highest BCUT2D eigenvalue weighted by Crippen LogP contribution is 2.32. The summed E-state index contributed by atoms with van der Waals surface area (Å²) in [5.74, 6) is 0.175. The summed E-state index contributed by atoms with van der Waals surface area (Å²) >= 11 is 3.13. The fourth-order valence-corrected chi connectivity index (χ4v) is 4.74. The largest absolute Gasteiger partial charge is 0.392 e. The van der Waals surface area contributed by atoms with E-state index in [-0.39, 0.29) is 12.5 Å². The summed E-state index contributed by atoms with van der Waals surface area (Å²) in [6, 6.07) is 15.1. The van der Waals surface area contributed by atoms with Gasteiger partial charge in [-0.25, -0.2) is 4.98 Å². The molecule has 1 aromatic heterocycles. The molecule has 0 bridgehead atoms. The van der Waals surface area contributed by atoms with Crippen molar-refractivity contribution in [2.45, 2.75) is 30.1 Å². The fraction of sp³-hybridized carbons (Fsp3) is 0.316. The second-order valence-electron chi connectivity index (χ2n) is 6.03. The molecule has 0 amide bonds. The smallest absolute Gasteiger partial charge is 0.151 e. The van der Waals surface area contributed by atoms with Gasteiger partial charge < -0.3 is 15.3 Å². The van der Waals surface area contributed by atoms with Gasteiger partial charge in [0.05, 0.1) is 29.0 Å². The number of fused-ring (bicyclic) bond motifs is 1. The number of aromatic nitrogens is 1. The fourth-order valence-electron chi connectivity index (χ4n) is 2.56. The van der Waals surface area contributed by atoms with Crippen LogP contribution in [0.15, 0.2) is 52.9 Å². The number of thioether (sulfide) groups is 1. The van der Waals surface area contributed by atoms with Crippen LogP contribution in [0.3, 0.4) is 0 Å². The predicted octanol–water partition coefficient (Wildman–Crippen LogP) is 3.61. The number of para-hydroxylation sites is 1. The summed E-state index contributed by atoms with van der Waals surface area (Å²) in [5.41, 5.74) is 2.52. The molecule has 0 spiro atoms. The average Bonchev–Trinajstić information content (AvgIpc) is 3.08. The van der Waals surface area contributed by atoms with Gasteiger partial charge in [0.2, 0.25) is 0 Å². The summed E-state index contributed by atoms with van der Waals surface area (Å²) in [5, 5.41) is 30.0. The number of hydrogen-bond donors (Lipinski definition) is 3. The molecular formula is C19H21NO3S2. The average molecular weight is 376 g/mol. The lowest BCUT2D eigenvalue weighted by Gasteiger charge is -2.24. The molecule has 3 aromatic rings. The Hall–Kier alpha value is -1.44. The molecule has 0 aliphatic carbocycles. The zero-order chi connectivity index (χ0) is 17.8. The summed E-state index contributed by atoms with van der Waals surface area (Å²) in [4.78, 5) is 4.55. The molecule has 25 heavy (non-hydrogen) atoms. The van der Waals surface area contributed by atoms with Gasteiger partial charge in [-0.2, -0.15) is 0 Å². The lowest BCUT2D eigenvalue weighted by molar-refractivity contribution is 0.0330. The SMILES string of the molecule is C[C@@H]([C@H](O)CSc1nc2ccccc2s1)[C@@H](O)c1ccc(CO)cc1. The number of thiazole rings is 1. The molecule has 3 atom stereocenters. The highest BCUT2D eigenvalue weighted by atomic mass is 32.2. The van der Waals surface area contributed by atoms with Crippen LogP contribution in [0.25, 0.3) is 10.2 Å². The number of aliphatic hydroxyl groups is 3. The van der Waals surface area contributed by atoms with Gasteiger partial charge in [-0.15, -0.1) is 11.3 Å². The molecule has 3 rings (SSSR count). The van der Waals surface area contributed by atoms with Crippen molar-refractivity contribution >= 4 is 33.3 Å². The van der Waals surface area contributed by atoms with Crippen molar-refractivity contribution in [3.8, 4) is 0 Å². The van der Waals surface area contributed by atoms with E-state index in [1.807, 2.05) is 31.2 Å². The Morgan fingerprint density at radius 2 is 1.80 bits per heavy atom. The Morgan fingerprint density at radius 1 is 1.08 bits per heavy atom. The maximum absolute atomic E-state index is 10.5. The van der Waals surface area contributed by atoms with E-state index >= 15 is 0 Å². The summed E-state index contributed by atoms with van der Waals surface area (Å²) in [7, 11) is 0. The Labute approximate surface area is 155 Å². The first kappa shape index (κ1) is 18.4. The van der Waals surface area contributed by atoms with Crippen molar-refractivity contribution in [2.75, 3.05) is 5.75 Å². The van der Waals surface area contributed by atoms with Crippen molar-refractivity contribution in [2.24, 2.45) is 5.92 Å². The maximum atomic E-state index is 10.5. The van der Waals surface area contributed by atoms with Gasteiger partial charge in [0.15, 0.2) is 4.34 Å². The van der Waals surface area contributed by atoms with Crippen LogP contribution in [0.2, 0.25) is 0 Å². The normalized spacial score (nSPS) is 15.2. The molecule has 132 valence electrons. The maximum Gasteiger partial charge on any atom is 0.151 e. The Bertz CT molecular complexity index is 786. The predicted molar refractivity (Wildman–Crippen MR) is 103 cm³/mol. The van der Waals surface area contributed by atoms with Crippen LogP contribution in [-0.4, -0.2) is 32.2 Å². The number of benzene rings is 2. The second-order valence-corrected chi connectivity index (χ2v) is 8.33. The Morgan fingerprint density at radius 3 is 2.48 bits per heavy atom. The minimum atomic E-state index is -0.751. The standard InChI is InChI=1S/C19H21NO3S2/c1-12(18(23)14-8-6-13(10-21)7-9-14)16(22)11-24-19-20-15-4-2-3-5-17(15)25-19/h2-9,12,16,18,21-23H,10-11H2,1H3/t12-,16+,18+/m0/s1. The van der Waals surface area contributed by atoms with Gasteiger partial charge in [-0.3, -0.25) is 0 Å². The van der Waals surface area contributed by atoms with E-state index in [9.17, 15) is 10.2 Å². The van der Waals surface area contributed by atoms with Crippen LogP contribution in [-0.2, 0) is 6.61 Å². The Balaban J connectivity index is 1.60. The van der Waals surface area contributed by atoms with Gasteiger partial charge in [0, 0.05) is 11.7 Å². The van der Waals surface area contributed by atoms with E-state index in [2.05, 4.69) is 4.98 Å². The molecule has 0 saturated heterocycles. The zero-order valence-electron chi connectivity index (χ0n) is 13.9. The third-order valence-corrected chi connectivity index (χ3v) is 6.54. The highest BCUT2D eigenvalue weighted by Gasteiger charge is 2.24. The molecule has 6 heteroatoms. The minimum Gasteiger partial charge on any atom is -0.392 e. The van der Waals surface area contributed by atoms with Crippen molar-refractivity contribution in [3.63, 3.8) is 0 Å². The third kappa shape index (κ3) is 4.40. The summed E-state index contributed by atoms with van der Waals surface area (Å²) in [6.07, 6.45) is -1.40. The number of aliphatic hydroxyl groups excluding tert-OH is 3. The first-order chi connectivity index (χ1) is 12.1. The van der Waals surface area contributed by atoms with Gasteiger partial charge in [-0.05, 0) is 23.3 Å². The zero-order valence-corrected chi connectivity index (χ0v) is 15.5. The van der Waals surface area contributed by atoms with Gasteiger partial charge in [0.25, 0.3) is 0 Å². The second kappa shape index (κ2) is 8.29. The first-order valence-electron chi connectivity index (χ1n) is 8.12. The van der Waals surface area contributed by atoms with Gasteiger partial charge >= 0.3 is 0 Å². The Kier molecular flexibility index (Phi) is 6.09.